The zero-order valence-electron chi connectivity index (χ0n) is 18.4. The number of rotatable bonds is 18. The maximum absolute atomic E-state index is 9.45. The largest absolute Gasteiger partial charge is 0.726 e. The van der Waals surface area contributed by atoms with E-state index in [0.717, 1.165) is 30.7 Å². The lowest BCUT2D eigenvalue weighted by molar-refractivity contribution is -0.927. The van der Waals surface area contributed by atoms with Gasteiger partial charge in [0, 0.05) is 0 Å². The zero-order chi connectivity index (χ0) is 21.7. The standard InChI is InChI=1S/C18H40NO2.C2H6O4S/c1-3-5-6-7-8-9-10-11-12-13-14-19(4-2,15-17-20)16-18-21;1-2-6-7(3,4)5/h20-21H,3-18H2,1-2H3;2H2,1H3,(H,3,4,5)/q+1;/p-1. The van der Waals surface area contributed by atoms with Gasteiger partial charge in [-0.15, -0.1) is 0 Å². The lowest BCUT2D eigenvalue weighted by atomic mass is 10.1. The highest BCUT2D eigenvalue weighted by Crippen LogP contribution is 2.13. The molecule has 172 valence electrons. The Labute approximate surface area is 173 Å². The fourth-order valence-corrected chi connectivity index (χ4v) is 3.60. The molecule has 0 unspecified atom stereocenters. The van der Waals surface area contributed by atoms with Crippen molar-refractivity contribution in [2.24, 2.45) is 0 Å². The number of nitrogens with zero attached hydrogens (tertiary/aromatic N) is 1. The van der Waals surface area contributed by atoms with Gasteiger partial charge in [-0.1, -0.05) is 58.3 Å². The van der Waals surface area contributed by atoms with Crippen molar-refractivity contribution in [2.75, 3.05) is 46.0 Å². The molecule has 0 fully saturated rings. The monoisotopic (exact) mass is 427 g/mol. The molecule has 0 aromatic heterocycles. The quantitative estimate of drug-likeness (QED) is 0.151. The molecule has 0 spiro atoms. The highest BCUT2D eigenvalue weighted by atomic mass is 32.3. The molecule has 0 saturated heterocycles. The minimum absolute atomic E-state index is 0.0914. The summed E-state index contributed by atoms with van der Waals surface area (Å²) in [6.07, 6.45) is 13.6. The molecule has 0 aromatic rings. The second kappa shape index (κ2) is 20.0. The van der Waals surface area contributed by atoms with E-state index >= 15 is 0 Å². The lowest BCUT2D eigenvalue weighted by Crippen LogP contribution is -2.52. The average Bonchev–Trinajstić information content (AvgIpc) is 2.63. The van der Waals surface area contributed by atoms with E-state index in [1.54, 1.807) is 0 Å². The normalized spacial score (nSPS) is 11.9. The van der Waals surface area contributed by atoms with E-state index in [2.05, 4.69) is 18.0 Å². The maximum atomic E-state index is 9.45. The van der Waals surface area contributed by atoms with Crippen LogP contribution in [0.2, 0.25) is 0 Å². The summed E-state index contributed by atoms with van der Waals surface area (Å²) < 4.78 is 32.9. The molecule has 0 aliphatic rings. The van der Waals surface area contributed by atoms with Gasteiger partial charge < -0.3 is 19.2 Å². The number of aliphatic hydroxyl groups is 2. The molecule has 0 bridgehead atoms. The van der Waals surface area contributed by atoms with Crippen LogP contribution in [-0.4, -0.2) is 73.7 Å². The number of likely N-dealkylation sites (N-methyl/N-ethyl adjacent to an activating group) is 1. The first-order valence-corrected chi connectivity index (χ1v) is 12.3. The van der Waals surface area contributed by atoms with Crippen LogP contribution < -0.4 is 0 Å². The van der Waals surface area contributed by atoms with Gasteiger partial charge in [0.15, 0.2) is 0 Å². The van der Waals surface area contributed by atoms with E-state index < -0.39 is 10.4 Å². The maximum Gasteiger partial charge on any atom is 0.217 e. The molecule has 0 rings (SSSR count). The summed E-state index contributed by atoms with van der Waals surface area (Å²) in [5.74, 6) is 0. The summed E-state index contributed by atoms with van der Waals surface area (Å²) in [5.41, 5.74) is 0. The summed E-state index contributed by atoms with van der Waals surface area (Å²) >= 11 is 0. The average molecular weight is 428 g/mol. The Kier molecular flexibility index (Phi) is 21.4. The summed E-state index contributed by atoms with van der Waals surface area (Å²) in [6, 6.07) is 0. The third-order valence-electron chi connectivity index (χ3n) is 5.07. The van der Waals surface area contributed by atoms with Gasteiger partial charge in [-0.05, 0) is 26.7 Å². The van der Waals surface area contributed by atoms with Crippen LogP contribution in [0.4, 0.5) is 0 Å². The van der Waals surface area contributed by atoms with E-state index in [0.29, 0.717) is 0 Å². The Morgan fingerprint density at radius 3 is 1.46 bits per heavy atom. The second-order valence-corrected chi connectivity index (χ2v) is 8.32. The molecular weight excluding hydrogens is 382 g/mol. The topological polar surface area (TPSA) is 107 Å². The van der Waals surface area contributed by atoms with Crippen molar-refractivity contribution in [3.63, 3.8) is 0 Å². The van der Waals surface area contributed by atoms with Crippen LogP contribution in [0, 0.1) is 0 Å². The van der Waals surface area contributed by atoms with Gasteiger partial charge in [0.25, 0.3) is 0 Å². The molecule has 0 aliphatic heterocycles. The van der Waals surface area contributed by atoms with Crippen molar-refractivity contribution in [3.05, 3.63) is 0 Å². The van der Waals surface area contributed by atoms with Gasteiger partial charge in [-0.2, -0.15) is 0 Å². The summed E-state index contributed by atoms with van der Waals surface area (Å²) in [5, 5.41) is 18.4. The van der Waals surface area contributed by atoms with E-state index in [-0.39, 0.29) is 19.8 Å². The highest BCUT2D eigenvalue weighted by Gasteiger charge is 2.23. The van der Waals surface area contributed by atoms with Crippen molar-refractivity contribution >= 4 is 10.4 Å². The Bertz CT molecular complexity index is 411. The molecule has 7 nitrogen and oxygen atoms in total. The Hall–Kier alpha value is -0.250. The smallest absolute Gasteiger partial charge is 0.217 e. The van der Waals surface area contributed by atoms with Gasteiger partial charge in [0.05, 0.1) is 32.9 Å². The summed E-state index contributed by atoms with van der Waals surface area (Å²) in [7, 11) is -4.42. The molecule has 0 atom stereocenters. The lowest BCUT2D eigenvalue weighted by Gasteiger charge is -2.37. The third-order valence-corrected chi connectivity index (χ3v) is 5.59. The van der Waals surface area contributed by atoms with E-state index in [9.17, 15) is 23.2 Å². The first-order valence-electron chi connectivity index (χ1n) is 11.0. The van der Waals surface area contributed by atoms with Crippen LogP contribution in [0.1, 0.15) is 85.0 Å². The van der Waals surface area contributed by atoms with Crippen molar-refractivity contribution in [3.8, 4) is 0 Å². The van der Waals surface area contributed by atoms with Gasteiger partial charge in [0.2, 0.25) is 10.4 Å². The second-order valence-electron chi connectivity index (χ2n) is 7.27. The molecule has 0 heterocycles. The minimum atomic E-state index is -4.42. The van der Waals surface area contributed by atoms with Crippen LogP contribution in [0.5, 0.6) is 0 Å². The third kappa shape index (κ3) is 20.5. The van der Waals surface area contributed by atoms with E-state index in [1.807, 2.05) is 0 Å². The van der Waals surface area contributed by atoms with Crippen LogP contribution in [0.25, 0.3) is 0 Å². The zero-order valence-corrected chi connectivity index (χ0v) is 19.2. The van der Waals surface area contributed by atoms with E-state index in [1.165, 1.54) is 71.1 Å². The van der Waals surface area contributed by atoms with Crippen molar-refractivity contribution in [1.29, 1.82) is 0 Å². The molecule has 2 N–H and O–H groups in total. The summed E-state index contributed by atoms with van der Waals surface area (Å²) in [6.45, 7) is 9.91. The molecule has 0 amide bonds. The summed E-state index contributed by atoms with van der Waals surface area (Å²) in [4.78, 5) is 0. The van der Waals surface area contributed by atoms with Gasteiger partial charge in [0.1, 0.15) is 13.1 Å². The van der Waals surface area contributed by atoms with Crippen LogP contribution in [0.3, 0.4) is 0 Å². The minimum Gasteiger partial charge on any atom is -0.726 e. The molecule has 0 saturated carbocycles. The van der Waals surface area contributed by atoms with Crippen LogP contribution in [0.15, 0.2) is 0 Å². The number of quaternary nitrogens is 1. The number of hydrogen-bond donors (Lipinski definition) is 2. The molecular formula is C20H45NO6S. The molecule has 0 aliphatic carbocycles. The molecule has 8 heteroatoms. The Morgan fingerprint density at radius 1 is 0.750 bits per heavy atom. The van der Waals surface area contributed by atoms with Crippen molar-refractivity contribution in [1.82, 2.24) is 0 Å². The van der Waals surface area contributed by atoms with Crippen molar-refractivity contribution < 1.29 is 31.8 Å². The van der Waals surface area contributed by atoms with Gasteiger partial charge in [-0.3, -0.25) is 4.18 Å². The first-order chi connectivity index (χ1) is 13.3. The van der Waals surface area contributed by atoms with Crippen LogP contribution >= 0.6 is 0 Å². The molecule has 28 heavy (non-hydrogen) atoms. The first kappa shape index (κ1) is 29.9. The predicted molar refractivity (Wildman–Crippen MR) is 113 cm³/mol. The Balaban J connectivity index is 0. The van der Waals surface area contributed by atoms with Crippen LogP contribution in [-0.2, 0) is 14.6 Å². The SMILES string of the molecule is CCCCCCCCCCCC[N+](CC)(CCO)CCO.CCOS(=O)(=O)[O-]. The number of aliphatic hydroxyl groups excluding tert-OH is 2. The Morgan fingerprint density at radius 2 is 1.18 bits per heavy atom. The predicted octanol–water partition coefficient (Wildman–Crippen LogP) is 3.21. The molecule has 0 radical (unpaired) electrons. The fraction of sp³-hybridized carbons (Fsp3) is 1.00. The van der Waals surface area contributed by atoms with Crippen molar-refractivity contribution in [2.45, 2.75) is 85.0 Å². The molecule has 0 aromatic carbocycles. The highest BCUT2D eigenvalue weighted by molar-refractivity contribution is 7.80. The number of hydrogen-bond acceptors (Lipinski definition) is 6. The van der Waals surface area contributed by atoms with E-state index in [4.69, 9.17) is 0 Å². The fourth-order valence-electron chi connectivity index (χ4n) is 3.31. The number of unbranched alkanes of at least 4 members (excludes halogenated alkanes) is 9. The van der Waals surface area contributed by atoms with Gasteiger partial charge >= 0.3 is 0 Å². The van der Waals surface area contributed by atoms with Gasteiger partial charge in [-0.25, -0.2) is 8.42 Å².